The Bertz CT molecular complexity index is 706. The number of amides is 1. The predicted molar refractivity (Wildman–Crippen MR) is 95.7 cm³/mol. The molecule has 0 radical (unpaired) electrons. The average Bonchev–Trinajstić information content (AvgIpc) is 3.07. The monoisotopic (exact) mass is 343 g/mol. The third-order valence-electron chi connectivity index (χ3n) is 4.19. The van der Waals surface area contributed by atoms with E-state index >= 15 is 0 Å². The fraction of sp³-hybridized carbons (Fsp3) is 0.389. The molecule has 0 bridgehead atoms. The first-order chi connectivity index (χ1) is 11.6. The van der Waals surface area contributed by atoms with Crippen LogP contribution in [-0.2, 0) is 4.79 Å². The van der Waals surface area contributed by atoms with Crippen LogP contribution in [0.2, 0.25) is 0 Å². The summed E-state index contributed by atoms with van der Waals surface area (Å²) in [7, 11) is 0. The molecule has 6 heteroatoms. The number of piperazine rings is 1. The molecule has 0 N–H and O–H groups in total. The summed E-state index contributed by atoms with van der Waals surface area (Å²) in [5, 5.41) is 0. The highest BCUT2D eigenvalue weighted by atomic mass is 32.1. The van der Waals surface area contributed by atoms with Crippen LogP contribution in [0.1, 0.15) is 27.4 Å². The summed E-state index contributed by atoms with van der Waals surface area (Å²) in [5.41, 5.74) is 0. The molecule has 126 valence electrons. The van der Waals surface area contributed by atoms with E-state index < -0.39 is 0 Å². The van der Waals surface area contributed by atoms with Crippen molar-refractivity contribution in [3.63, 3.8) is 0 Å². The molecule has 5 nitrogen and oxygen atoms in total. The van der Waals surface area contributed by atoms with Crippen LogP contribution in [0, 0.1) is 6.92 Å². The van der Waals surface area contributed by atoms with Gasteiger partial charge in [0.2, 0.25) is 5.91 Å². The zero-order valence-electron chi connectivity index (χ0n) is 13.8. The number of aryl methyl sites for hydroxylation is 1. The molecule has 1 fully saturated rings. The fourth-order valence-electron chi connectivity index (χ4n) is 2.81. The zero-order valence-corrected chi connectivity index (χ0v) is 14.6. The number of rotatable bonds is 5. The predicted octanol–water partition coefficient (Wildman–Crippen LogP) is 2.76. The third kappa shape index (κ3) is 4.00. The summed E-state index contributed by atoms with van der Waals surface area (Å²) in [6, 6.07) is 9.64. The number of thiophene rings is 1. The second-order valence-corrected chi connectivity index (χ2v) is 7.18. The highest BCUT2D eigenvalue weighted by Crippen LogP contribution is 2.18. The number of hydrogen-bond acceptors (Lipinski definition) is 5. The van der Waals surface area contributed by atoms with E-state index in [9.17, 15) is 9.59 Å². The zero-order chi connectivity index (χ0) is 16.9. The Labute approximate surface area is 145 Å². The van der Waals surface area contributed by atoms with E-state index in [2.05, 4.69) is 9.88 Å². The van der Waals surface area contributed by atoms with Crippen molar-refractivity contribution >= 4 is 28.8 Å². The van der Waals surface area contributed by atoms with Crippen molar-refractivity contribution in [2.75, 3.05) is 31.1 Å². The van der Waals surface area contributed by atoms with Crippen molar-refractivity contribution in [3.8, 4) is 0 Å². The van der Waals surface area contributed by atoms with Crippen molar-refractivity contribution in [1.29, 1.82) is 0 Å². The summed E-state index contributed by atoms with van der Waals surface area (Å²) < 4.78 is 0. The van der Waals surface area contributed by atoms with E-state index in [-0.39, 0.29) is 11.7 Å². The standard InChI is InChI=1S/C18H21N3O2S/c1-14-5-7-16(24-14)15(22)6-8-18(23)21-12-10-20(11-13-21)17-4-2-3-9-19-17/h2-5,7,9H,6,8,10-13H2,1H3. The third-order valence-corrected chi connectivity index (χ3v) is 5.23. The van der Waals surface area contributed by atoms with E-state index in [0.717, 1.165) is 28.7 Å². The highest BCUT2D eigenvalue weighted by molar-refractivity contribution is 7.14. The molecule has 0 saturated carbocycles. The van der Waals surface area contributed by atoms with Gasteiger partial charge in [0, 0.05) is 50.1 Å². The molecule has 0 atom stereocenters. The SMILES string of the molecule is Cc1ccc(C(=O)CCC(=O)N2CCN(c3ccccn3)CC2)s1. The van der Waals surface area contributed by atoms with Crippen LogP contribution in [-0.4, -0.2) is 47.8 Å². The largest absolute Gasteiger partial charge is 0.353 e. The van der Waals surface area contributed by atoms with Crippen LogP contribution in [0.3, 0.4) is 0 Å². The molecule has 3 rings (SSSR count). The summed E-state index contributed by atoms with van der Waals surface area (Å²) in [6.45, 7) is 4.90. The van der Waals surface area contributed by atoms with Crippen molar-refractivity contribution in [2.45, 2.75) is 19.8 Å². The Morgan fingerprint density at radius 2 is 1.88 bits per heavy atom. The Balaban J connectivity index is 1.46. The molecule has 0 spiro atoms. The van der Waals surface area contributed by atoms with Crippen LogP contribution < -0.4 is 4.90 Å². The lowest BCUT2D eigenvalue weighted by Crippen LogP contribution is -2.49. The van der Waals surface area contributed by atoms with Crippen LogP contribution in [0.5, 0.6) is 0 Å². The first-order valence-corrected chi connectivity index (χ1v) is 8.98. The number of anilines is 1. The van der Waals surface area contributed by atoms with Crippen molar-refractivity contribution < 1.29 is 9.59 Å². The summed E-state index contributed by atoms with van der Waals surface area (Å²) in [6.07, 6.45) is 2.36. The smallest absolute Gasteiger partial charge is 0.223 e. The van der Waals surface area contributed by atoms with Gasteiger partial charge in [0.1, 0.15) is 5.82 Å². The summed E-state index contributed by atoms with van der Waals surface area (Å²) in [4.78, 5) is 34.7. The molecule has 24 heavy (non-hydrogen) atoms. The highest BCUT2D eigenvalue weighted by Gasteiger charge is 2.22. The van der Waals surface area contributed by atoms with Gasteiger partial charge in [-0.15, -0.1) is 11.3 Å². The van der Waals surface area contributed by atoms with Gasteiger partial charge >= 0.3 is 0 Å². The Kier molecular flexibility index (Phi) is 5.25. The van der Waals surface area contributed by atoms with E-state index in [1.54, 1.807) is 6.20 Å². The molecule has 3 heterocycles. The maximum absolute atomic E-state index is 12.3. The topological polar surface area (TPSA) is 53.5 Å². The molecule has 2 aromatic rings. The Hall–Kier alpha value is -2.21. The van der Waals surface area contributed by atoms with Gasteiger partial charge in [-0.2, -0.15) is 0 Å². The molecule has 1 amide bonds. The normalized spacial score (nSPS) is 14.7. The second kappa shape index (κ2) is 7.57. The minimum Gasteiger partial charge on any atom is -0.353 e. The van der Waals surface area contributed by atoms with Crippen molar-refractivity contribution in [1.82, 2.24) is 9.88 Å². The van der Waals surface area contributed by atoms with Gasteiger partial charge in [0.05, 0.1) is 4.88 Å². The molecule has 0 aliphatic carbocycles. The Morgan fingerprint density at radius 1 is 1.08 bits per heavy atom. The van der Waals surface area contributed by atoms with Crippen molar-refractivity contribution in [3.05, 3.63) is 46.3 Å². The van der Waals surface area contributed by atoms with E-state index in [1.165, 1.54) is 11.3 Å². The lowest BCUT2D eigenvalue weighted by molar-refractivity contribution is -0.131. The summed E-state index contributed by atoms with van der Waals surface area (Å²) in [5.74, 6) is 1.08. The van der Waals surface area contributed by atoms with E-state index in [0.29, 0.717) is 25.9 Å². The van der Waals surface area contributed by atoms with Gasteiger partial charge in [-0.25, -0.2) is 4.98 Å². The molecule has 1 aliphatic rings. The number of carbonyl (C=O) groups is 2. The van der Waals surface area contributed by atoms with Crippen LogP contribution in [0.25, 0.3) is 0 Å². The van der Waals surface area contributed by atoms with Crippen LogP contribution in [0.15, 0.2) is 36.5 Å². The number of Topliss-reactive ketones (excluding diaryl/α,β-unsaturated/α-hetero) is 1. The lowest BCUT2D eigenvalue weighted by Gasteiger charge is -2.35. The minimum atomic E-state index is 0.0635. The fourth-order valence-corrected chi connectivity index (χ4v) is 3.65. The van der Waals surface area contributed by atoms with Gasteiger partial charge in [-0.05, 0) is 31.2 Å². The van der Waals surface area contributed by atoms with E-state index in [4.69, 9.17) is 0 Å². The quantitative estimate of drug-likeness (QED) is 0.784. The lowest BCUT2D eigenvalue weighted by atomic mass is 10.1. The maximum atomic E-state index is 12.3. The first-order valence-electron chi connectivity index (χ1n) is 8.17. The molecule has 2 aromatic heterocycles. The van der Waals surface area contributed by atoms with Gasteiger partial charge in [-0.1, -0.05) is 6.07 Å². The van der Waals surface area contributed by atoms with Crippen molar-refractivity contribution in [2.24, 2.45) is 0 Å². The number of aromatic nitrogens is 1. The van der Waals surface area contributed by atoms with Gasteiger partial charge < -0.3 is 9.80 Å². The van der Waals surface area contributed by atoms with Crippen LogP contribution >= 0.6 is 11.3 Å². The molecule has 1 aliphatic heterocycles. The van der Waals surface area contributed by atoms with Crippen LogP contribution in [0.4, 0.5) is 5.82 Å². The molecule has 0 aromatic carbocycles. The second-order valence-electron chi connectivity index (χ2n) is 5.89. The number of ketones is 1. The number of pyridine rings is 1. The number of nitrogens with zero attached hydrogens (tertiary/aromatic N) is 3. The van der Waals surface area contributed by atoms with Gasteiger partial charge in [-0.3, -0.25) is 9.59 Å². The van der Waals surface area contributed by atoms with Gasteiger partial charge in [0.25, 0.3) is 0 Å². The van der Waals surface area contributed by atoms with Gasteiger partial charge in [0.15, 0.2) is 5.78 Å². The van der Waals surface area contributed by atoms with E-state index in [1.807, 2.05) is 42.2 Å². The first kappa shape index (κ1) is 16.6. The molecular weight excluding hydrogens is 322 g/mol. The maximum Gasteiger partial charge on any atom is 0.223 e. The Morgan fingerprint density at radius 3 is 2.50 bits per heavy atom. The molecule has 0 unspecified atom stereocenters. The minimum absolute atomic E-state index is 0.0635. The molecule has 1 saturated heterocycles. The molecular formula is C18H21N3O2S. The summed E-state index contributed by atoms with van der Waals surface area (Å²) >= 11 is 1.49. The number of hydrogen-bond donors (Lipinski definition) is 0. The number of carbonyl (C=O) groups excluding carboxylic acids is 2. The average molecular weight is 343 g/mol.